The number of hydrazine groups is 1. The second kappa shape index (κ2) is 6.43. The average Bonchev–Trinajstić information content (AvgIpc) is 2.95. The third-order valence-electron chi connectivity index (χ3n) is 3.85. The molecule has 0 aromatic heterocycles. The van der Waals surface area contributed by atoms with Crippen molar-refractivity contribution >= 4 is 0 Å². The van der Waals surface area contributed by atoms with Crippen LogP contribution in [-0.4, -0.2) is 32.8 Å². The van der Waals surface area contributed by atoms with E-state index in [-0.39, 0.29) is 0 Å². The molecular formula is C15H23N3O2. The lowest BCUT2D eigenvalue weighted by molar-refractivity contribution is 0.171. The van der Waals surface area contributed by atoms with Gasteiger partial charge in [0.2, 0.25) is 0 Å². The first kappa shape index (κ1) is 13.7. The molecule has 0 saturated carbocycles. The lowest BCUT2D eigenvalue weighted by atomic mass is 9.94. The largest absolute Gasteiger partial charge is 0.486 e. The standard InChI is InChI=1S/C15H23N3O2/c1-2-5-16-9-12-10-17-18-15(12)11-3-4-13-14(8-11)20-7-6-19-13/h3-4,8,12,15-18H,2,5-7,9-10H2,1H3. The third kappa shape index (κ3) is 2.90. The monoisotopic (exact) mass is 277 g/mol. The van der Waals surface area contributed by atoms with E-state index >= 15 is 0 Å². The fourth-order valence-corrected chi connectivity index (χ4v) is 2.80. The summed E-state index contributed by atoms with van der Waals surface area (Å²) in [6.45, 7) is 6.54. The van der Waals surface area contributed by atoms with Crippen molar-refractivity contribution in [3.8, 4) is 11.5 Å². The van der Waals surface area contributed by atoms with Crippen molar-refractivity contribution in [3.05, 3.63) is 23.8 Å². The quantitative estimate of drug-likeness (QED) is 0.707. The summed E-state index contributed by atoms with van der Waals surface area (Å²) < 4.78 is 11.2. The van der Waals surface area contributed by atoms with Crippen LogP contribution in [-0.2, 0) is 0 Å². The van der Waals surface area contributed by atoms with Crippen molar-refractivity contribution in [2.24, 2.45) is 5.92 Å². The summed E-state index contributed by atoms with van der Waals surface area (Å²) in [7, 11) is 0. The van der Waals surface area contributed by atoms with Crippen molar-refractivity contribution in [2.45, 2.75) is 19.4 Å². The van der Waals surface area contributed by atoms with Gasteiger partial charge in [-0.25, -0.2) is 5.43 Å². The van der Waals surface area contributed by atoms with Crippen LogP contribution in [0.3, 0.4) is 0 Å². The minimum Gasteiger partial charge on any atom is -0.486 e. The first-order chi connectivity index (χ1) is 9.88. The second-order valence-corrected chi connectivity index (χ2v) is 5.37. The molecule has 2 unspecified atom stereocenters. The van der Waals surface area contributed by atoms with Crippen molar-refractivity contribution in [3.63, 3.8) is 0 Å². The fraction of sp³-hybridized carbons (Fsp3) is 0.600. The van der Waals surface area contributed by atoms with Crippen LogP contribution in [0, 0.1) is 5.92 Å². The van der Waals surface area contributed by atoms with E-state index in [1.165, 1.54) is 12.0 Å². The van der Waals surface area contributed by atoms with Crippen LogP contribution < -0.4 is 25.6 Å². The number of fused-ring (bicyclic) bond motifs is 1. The summed E-state index contributed by atoms with van der Waals surface area (Å²) in [6.07, 6.45) is 1.17. The van der Waals surface area contributed by atoms with Crippen molar-refractivity contribution in [2.75, 3.05) is 32.8 Å². The van der Waals surface area contributed by atoms with Gasteiger partial charge < -0.3 is 14.8 Å². The maximum Gasteiger partial charge on any atom is 0.161 e. The van der Waals surface area contributed by atoms with Gasteiger partial charge in [0.1, 0.15) is 13.2 Å². The minimum atomic E-state index is 0.315. The maximum atomic E-state index is 5.67. The topological polar surface area (TPSA) is 54.5 Å². The third-order valence-corrected chi connectivity index (χ3v) is 3.85. The van der Waals surface area contributed by atoms with Gasteiger partial charge in [-0.05, 0) is 30.7 Å². The Kier molecular flexibility index (Phi) is 4.40. The molecule has 2 aliphatic heterocycles. The van der Waals surface area contributed by atoms with Crippen molar-refractivity contribution < 1.29 is 9.47 Å². The summed E-state index contributed by atoms with van der Waals surface area (Å²) in [5, 5.41) is 3.50. The predicted octanol–water partition coefficient (Wildman–Crippen LogP) is 1.22. The van der Waals surface area contributed by atoms with Gasteiger partial charge in [-0.3, -0.25) is 5.43 Å². The van der Waals surface area contributed by atoms with Gasteiger partial charge in [-0.2, -0.15) is 0 Å². The van der Waals surface area contributed by atoms with Crippen LogP contribution in [0.25, 0.3) is 0 Å². The highest BCUT2D eigenvalue weighted by Crippen LogP contribution is 2.34. The molecule has 110 valence electrons. The molecule has 0 aliphatic carbocycles. The van der Waals surface area contributed by atoms with Crippen LogP contribution in [0.1, 0.15) is 24.9 Å². The number of hydrogen-bond acceptors (Lipinski definition) is 5. The van der Waals surface area contributed by atoms with Gasteiger partial charge >= 0.3 is 0 Å². The number of nitrogens with one attached hydrogen (secondary N) is 3. The van der Waals surface area contributed by atoms with Gasteiger partial charge in [0, 0.05) is 19.0 Å². The minimum absolute atomic E-state index is 0.315. The first-order valence-corrected chi connectivity index (χ1v) is 7.47. The molecule has 0 spiro atoms. The molecule has 1 aromatic carbocycles. The molecule has 0 amide bonds. The first-order valence-electron chi connectivity index (χ1n) is 7.47. The molecule has 20 heavy (non-hydrogen) atoms. The average molecular weight is 277 g/mol. The Morgan fingerprint density at radius 2 is 2.10 bits per heavy atom. The van der Waals surface area contributed by atoms with E-state index in [0.717, 1.165) is 31.1 Å². The molecule has 5 heteroatoms. The predicted molar refractivity (Wildman–Crippen MR) is 78.0 cm³/mol. The lowest BCUT2D eigenvalue weighted by Crippen LogP contribution is -2.29. The molecule has 0 bridgehead atoms. The van der Waals surface area contributed by atoms with Crippen molar-refractivity contribution in [1.82, 2.24) is 16.2 Å². The van der Waals surface area contributed by atoms with E-state index in [9.17, 15) is 0 Å². The molecule has 2 atom stereocenters. The Morgan fingerprint density at radius 3 is 2.95 bits per heavy atom. The highest BCUT2D eigenvalue weighted by Gasteiger charge is 2.28. The molecule has 0 radical (unpaired) electrons. The van der Waals surface area contributed by atoms with E-state index in [1.807, 2.05) is 6.07 Å². The summed E-state index contributed by atoms with van der Waals surface area (Å²) >= 11 is 0. The zero-order valence-electron chi connectivity index (χ0n) is 11.9. The highest BCUT2D eigenvalue weighted by atomic mass is 16.6. The zero-order chi connectivity index (χ0) is 13.8. The van der Waals surface area contributed by atoms with Gasteiger partial charge in [0.15, 0.2) is 11.5 Å². The Balaban J connectivity index is 1.70. The summed E-state index contributed by atoms with van der Waals surface area (Å²) in [5.41, 5.74) is 7.89. The molecule has 5 nitrogen and oxygen atoms in total. The smallest absolute Gasteiger partial charge is 0.161 e. The van der Waals surface area contributed by atoms with Crippen LogP contribution in [0.4, 0.5) is 0 Å². The van der Waals surface area contributed by atoms with Crippen LogP contribution in [0.2, 0.25) is 0 Å². The van der Waals surface area contributed by atoms with Crippen molar-refractivity contribution in [1.29, 1.82) is 0 Å². The van der Waals surface area contributed by atoms with E-state index in [4.69, 9.17) is 9.47 Å². The van der Waals surface area contributed by atoms with E-state index < -0.39 is 0 Å². The van der Waals surface area contributed by atoms with Gasteiger partial charge in [-0.15, -0.1) is 0 Å². The maximum absolute atomic E-state index is 5.67. The van der Waals surface area contributed by atoms with Gasteiger partial charge in [0.05, 0.1) is 6.04 Å². The summed E-state index contributed by atoms with van der Waals surface area (Å²) in [4.78, 5) is 0. The number of hydrogen-bond donors (Lipinski definition) is 3. The summed E-state index contributed by atoms with van der Waals surface area (Å²) in [6, 6.07) is 6.56. The lowest BCUT2D eigenvalue weighted by Gasteiger charge is -2.23. The fourth-order valence-electron chi connectivity index (χ4n) is 2.80. The SMILES string of the molecule is CCCNCC1CNNC1c1ccc2c(c1)OCCO2. The number of rotatable bonds is 5. The van der Waals surface area contributed by atoms with E-state index in [2.05, 4.69) is 35.2 Å². The zero-order valence-corrected chi connectivity index (χ0v) is 11.9. The molecular weight excluding hydrogens is 254 g/mol. The Morgan fingerprint density at radius 1 is 1.25 bits per heavy atom. The number of benzene rings is 1. The Labute approximate surface area is 120 Å². The molecule has 1 aromatic rings. The van der Waals surface area contributed by atoms with E-state index in [0.29, 0.717) is 25.2 Å². The molecule has 1 fully saturated rings. The molecule has 3 rings (SSSR count). The second-order valence-electron chi connectivity index (χ2n) is 5.37. The molecule has 2 heterocycles. The molecule has 2 aliphatic rings. The van der Waals surface area contributed by atoms with Gasteiger partial charge in [0.25, 0.3) is 0 Å². The number of ether oxygens (including phenoxy) is 2. The Hall–Kier alpha value is -1.30. The normalized spacial score (nSPS) is 24.9. The van der Waals surface area contributed by atoms with Crippen LogP contribution in [0.5, 0.6) is 11.5 Å². The highest BCUT2D eigenvalue weighted by molar-refractivity contribution is 5.45. The summed E-state index contributed by atoms with van der Waals surface area (Å²) in [5.74, 6) is 2.26. The molecule has 3 N–H and O–H groups in total. The van der Waals surface area contributed by atoms with Crippen LogP contribution >= 0.6 is 0 Å². The molecule has 1 saturated heterocycles. The Bertz CT molecular complexity index is 453. The van der Waals surface area contributed by atoms with Crippen LogP contribution in [0.15, 0.2) is 18.2 Å². The van der Waals surface area contributed by atoms with E-state index in [1.54, 1.807) is 0 Å². The van der Waals surface area contributed by atoms with Gasteiger partial charge in [-0.1, -0.05) is 13.0 Å².